The van der Waals surface area contributed by atoms with Crippen molar-refractivity contribution in [2.75, 3.05) is 7.05 Å². The van der Waals surface area contributed by atoms with Crippen LogP contribution in [0.25, 0.3) is 0 Å². The average molecular weight is 376 g/mol. The summed E-state index contributed by atoms with van der Waals surface area (Å²) >= 11 is 9.09. The van der Waals surface area contributed by atoms with E-state index in [0.717, 1.165) is 12.1 Å². The number of hydrogen-bond donors (Lipinski definition) is 0. The molecule has 0 aliphatic heterocycles. The number of halogens is 4. The number of aromatic nitrogens is 1. The molecule has 0 saturated heterocycles. The van der Waals surface area contributed by atoms with Gasteiger partial charge >= 0.3 is 0 Å². The molecule has 0 fully saturated rings. The lowest BCUT2D eigenvalue weighted by Gasteiger charge is -2.18. The zero-order valence-electron chi connectivity index (χ0n) is 10.9. The molecule has 7 heteroatoms. The fraction of sp³-hybridized carbons (Fsp3) is 0.143. The molecule has 21 heavy (non-hydrogen) atoms. The van der Waals surface area contributed by atoms with Gasteiger partial charge in [0.05, 0.1) is 5.56 Å². The predicted molar refractivity (Wildman–Crippen MR) is 79.1 cm³/mol. The molecular weight excluding hydrogens is 366 g/mol. The number of amides is 1. The topological polar surface area (TPSA) is 33.2 Å². The Balaban J connectivity index is 2.21. The first-order valence-corrected chi connectivity index (χ1v) is 7.06. The molecule has 0 saturated carbocycles. The first kappa shape index (κ1) is 15.9. The Hall–Kier alpha value is -1.53. The van der Waals surface area contributed by atoms with E-state index < -0.39 is 17.5 Å². The van der Waals surface area contributed by atoms with Crippen LogP contribution >= 0.6 is 27.5 Å². The highest BCUT2D eigenvalue weighted by molar-refractivity contribution is 9.10. The first-order valence-electron chi connectivity index (χ1n) is 5.89. The van der Waals surface area contributed by atoms with Gasteiger partial charge in [-0.15, -0.1) is 0 Å². The van der Waals surface area contributed by atoms with Gasteiger partial charge in [-0.2, -0.15) is 0 Å². The maximum Gasteiger partial charge on any atom is 0.257 e. The van der Waals surface area contributed by atoms with Crippen LogP contribution in [0.5, 0.6) is 0 Å². The van der Waals surface area contributed by atoms with E-state index in [9.17, 15) is 13.6 Å². The molecule has 0 unspecified atom stereocenters. The van der Waals surface area contributed by atoms with Crippen LogP contribution in [0.1, 0.15) is 15.9 Å². The lowest BCUT2D eigenvalue weighted by molar-refractivity contribution is 0.0783. The lowest BCUT2D eigenvalue weighted by Crippen LogP contribution is -2.27. The van der Waals surface area contributed by atoms with Gasteiger partial charge in [-0.1, -0.05) is 17.7 Å². The highest BCUT2D eigenvalue weighted by Crippen LogP contribution is 2.20. The van der Waals surface area contributed by atoms with Crippen molar-refractivity contribution >= 4 is 33.4 Å². The zero-order chi connectivity index (χ0) is 15.6. The average Bonchev–Trinajstić information content (AvgIpc) is 2.43. The van der Waals surface area contributed by atoms with Crippen LogP contribution in [-0.2, 0) is 6.54 Å². The molecule has 0 radical (unpaired) electrons. The van der Waals surface area contributed by atoms with Crippen molar-refractivity contribution in [3.63, 3.8) is 0 Å². The summed E-state index contributed by atoms with van der Waals surface area (Å²) in [5.74, 6) is -1.77. The number of carbonyl (C=O) groups excluding carboxylic acids is 1. The smallest absolute Gasteiger partial charge is 0.257 e. The summed E-state index contributed by atoms with van der Waals surface area (Å²) in [6.45, 7) is -0.00616. The lowest BCUT2D eigenvalue weighted by atomic mass is 10.2. The molecule has 0 atom stereocenters. The molecule has 110 valence electrons. The van der Waals surface area contributed by atoms with Crippen LogP contribution in [0, 0.1) is 11.6 Å². The third-order valence-electron chi connectivity index (χ3n) is 2.81. The standard InChI is InChI=1S/C14H10BrClF2N2O/c1-20(7-8-2-3-10(17)5-12(8)18)14(21)11-4-9(15)6-19-13(11)16/h2-6H,7H2,1H3. The highest BCUT2D eigenvalue weighted by atomic mass is 79.9. The van der Waals surface area contributed by atoms with Gasteiger partial charge in [0, 0.05) is 35.9 Å². The number of benzene rings is 1. The minimum Gasteiger partial charge on any atom is -0.337 e. The number of hydrogen-bond acceptors (Lipinski definition) is 2. The highest BCUT2D eigenvalue weighted by Gasteiger charge is 2.18. The third kappa shape index (κ3) is 3.77. The van der Waals surface area contributed by atoms with E-state index in [1.165, 1.54) is 30.3 Å². The Bertz CT molecular complexity index is 697. The van der Waals surface area contributed by atoms with Crippen molar-refractivity contribution in [2.45, 2.75) is 6.54 Å². The summed E-state index contributed by atoms with van der Waals surface area (Å²) in [6, 6.07) is 4.76. The molecule has 2 aromatic rings. The van der Waals surface area contributed by atoms with Gasteiger partial charge in [0.25, 0.3) is 5.91 Å². The van der Waals surface area contributed by atoms with Gasteiger partial charge in [-0.05, 0) is 28.1 Å². The molecule has 1 aromatic carbocycles. The fourth-order valence-corrected chi connectivity index (χ4v) is 2.27. The van der Waals surface area contributed by atoms with E-state index in [2.05, 4.69) is 20.9 Å². The molecule has 1 amide bonds. The van der Waals surface area contributed by atoms with Crippen molar-refractivity contribution in [3.05, 3.63) is 62.8 Å². The first-order chi connectivity index (χ1) is 9.88. The van der Waals surface area contributed by atoms with E-state index in [0.29, 0.717) is 4.47 Å². The zero-order valence-corrected chi connectivity index (χ0v) is 13.3. The molecular formula is C14H10BrClF2N2O. The van der Waals surface area contributed by atoms with Crippen LogP contribution < -0.4 is 0 Å². The van der Waals surface area contributed by atoms with Gasteiger partial charge in [-0.25, -0.2) is 13.8 Å². The minimum absolute atomic E-state index is 0.00616. The van der Waals surface area contributed by atoms with E-state index >= 15 is 0 Å². The quantitative estimate of drug-likeness (QED) is 0.758. The van der Waals surface area contributed by atoms with Crippen LogP contribution in [0.3, 0.4) is 0 Å². The molecule has 0 bridgehead atoms. The van der Waals surface area contributed by atoms with Gasteiger partial charge in [0.1, 0.15) is 16.8 Å². The second-order valence-corrected chi connectivity index (χ2v) is 5.66. The van der Waals surface area contributed by atoms with Crippen molar-refractivity contribution < 1.29 is 13.6 Å². The maximum atomic E-state index is 13.6. The van der Waals surface area contributed by atoms with Crippen LogP contribution in [0.15, 0.2) is 34.9 Å². The second kappa shape index (κ2) is 6.49. The molecule has 1 aromatic heterocycles. The number of nitrogens with zero attached hydrogens (tertiary/aromatic N) is 2. The van der Waals surface area contributed by atoms with Crippen molar-refractivity contribution in [3.8, 4) is 0 Å². The summed E-state index contributed by atoms with van der Waals surface area (Å²) in [7, 11) is 1.50. The molecule has 0 aliphatic rings. The Morgan fingerprint density at radius 1 is 1.38 bits per heavy atom. The number of pyridine rings is 1. The Kier molecular flexibility index (Phi) is 4.90. The van der Waals surface area contributed by atoms with E-state index in [1.807, 2.05) is 0 Å². The molecule has 0 spiro atoms. The van der Waals surface area contributed by atoms with E-state index in [-0.39, 0.29) is 22.8 Å². The summed E-state index contributed by atoms with van der Waals surface area (Å²) < 4.78 is 27.1. The fourth-order valence-electron chi connectivity index (χ4n) is 1.76. The summed E-state index contributed by atoms with van der Waals surface area (Å²) in [5, 5.41) is 0.0645. The van der Waals surface area contributed by atoms with Gasteiger partial charge < -0.3 is 4.90 Å². The second-order valence-electron chi connectivity index (χ2n) is 4.39. The molecule has 2 rings (SSSR count). The van der Waals surface area contributed by atoms with Crippen molar-refractivity contribution in [1.82, 2.24) is 9.88 Å². The summed E-state index contributed by atoms with van der Waals surface area (Å²) in [4.78, 5) is 17.4. The molecule has 0 N–H and O–H groups in total. The molecule has 0 aliphatic carbocycles. The van der Waals surface area contributed by atoms with Gasteiger partial charge in [-0.3, -0.25) is 4.79 Å². The largest absolute Gasteiger partial charge is 0.337 e. The minimum atomic E-state index is -0.701. The van der Waals surface area contributed by atoms with Crippen molar-refractivity contribution in [2.24, 2.45) is 0 Å². The number of rotatable bonds is 3. The summed E-state index contributed by atoms with van der Waals surface area (Å²) in [6.07, 6.45) is 1.47. The van der Waals surface area contributed by atoms with E-state index in [1.54, 1.807) is 0 Å². The van der Waals surface area contributed by atoms with Crippen LogP contribution in [0.4, 0.5) is 8.78 Å². The Morgan fingerprint density at radius 2 is 2.10 bits per heavy atom. The molecule has 3 nitrogen and oxygen atoms in total. The third-order valence-corrected chi connectivity index (χ3v) is 3.54. The van der Waals surface area contributed by atoms with Crippen molar-refractivity contribution in [1.29, 1.82) is 0 Å². The Labute approximate surface area is 133 Å². The van der Waals surface area contributed by atoms with Gasteiger partial charge in [0.2, 0.25) is 0 Å². The number of carbonyl (C=O) groups is 1. The van der Waals surface area contributed by atoms with E-state index in [4.69, 9.17) is 11.6 Å². The Morgan fingerprint density at radius 3 is 2.76 bits per heavy atom. The SMILES string of the molecule is CN(Cc1ccc(F)cc1F)C(=O)c1cc(Br)cnc1Cl. The van der Waals surface area contributed by atoms with Crippen LogP contribution in [0.2, 0.25) is 5.15 Å². The van der Waals surface area contributed by atoms with Gasteiger partial charge in [0.15, 0.2) is 0 Å². The monoisotopic (exact) mass is 374 g/mol. The normalized spacial score (nSPS) is 10.5. The predicted octanol–water partition coefficient (Wildman–Crippen LogP) is 4.05. The molecule has 1 heterocycles. The maximum absolute atomic E-state index is 13.6. The summed E-state index contributed by atoms with van der Waals surface area (Å²) in [5.41, 5.74) is 0.419. The van der Waals surface area contributed by atoms with Crippen LogP contribution in [-0.4, -0.2) is 22.8 Å².